The molecule has 0 aromatic heterocycles. The lowest BCUT2D eigenvalue weighted by atomic mass is 9.71. The third kappa shape index (κ3) is 1.75. The molecular weight excluding hydrogens is 240 g/mol. The van der Waals surface area contributed by atoms with Gasteiger partial charge in [0, 0.05) is 5.41 Å². The Morgan fingerprint density at radius 1 is 1.35 bits per heavy atom. The van der Waals surface area contributed by atoms with Crippen molar-refractivity contribution in [1.82, 2.24) is 0 Å². The van der Waals surface area contributed by atoms with E-state index >= 15 is 0 Å². The number of rotatable bonds is 2. The van der Waals surface area contributed by atoms with Crippen molar-refractivity contribution in [2.45, 2.75) is 32.1 Å². The summed E-state index contributed by atoms with van der Waals surface area (Å²) >= 11 is 0. The van der Waals surface area contributed by atoms with Crippen LogP contribution in [0.25, 0.3) is 5.57 Å². The number of benzene rings is 1. The maximum atomic E-state index is 4.29. The first-order valence-electron chi connectivity index (χ1n) is 7.39. The lowest BCUT2D eigenvalue weighted by Gasteiger charge is -2.31. The summed E-state index contributed by atoms with van der Waals surface area (Å²) in [6.45, 7) is 12.9. The molecule has 1 aromatic rings. The Kier molecular flexibility index (Phi) is 3.05. The van der Waals surface area contributed by atoms with Gasteiger partial charge in [0.05, 0.1) is 0 Å². The quantitative estimate of drug-likeness (QED) is 0.629. The summed E-state index contributed by atoms with van der Waals surface area (Å²) in [4.78, 5) is 0. The van der Waals surface area contributed by atoms with Gasteiger partial charge in [-0.2, -0.15) is 0 Å². The Hall–Kier alpha value is -1.82. The molecule has 2 aliphatic carbocycles. The molecule has 2 unspecified atom stereocenters. The lowest BCUT2D eigenvalue weighted by Crippen LogP contribution is -2.24. The third-order valence-electron chi connectivity index (χ3n) is 4.77. The molecule has 20 heavy (non-hydrogen) atoms. The summed E-state index contributed by atoms with van der Waals surface area (Å²) in [7, 11) is 0. The molecule has 2 atom stereocenters. The molecule has 0 spiro atoms. The molecule has 3 rings (SSSR count). The van der Waals surface area contributed by atoms with E-state index in [9.17, 15) is 0 Å². The second kappa shape index (κ2) is 4.63. The summed E-state index contributed by atoms with van der Waals surface area (Å²) in [5, 5.41) is 0. The highest BCUT2D eigenvalue weighted by molar-refractivity contribution is 5.79. The Balaban J connectivity index is 2.20. The van der Waals surface area contributed by atoms with Crippen LogP contribution in [0.1, 0.15) is 36.5 Å². The Morgan fingerprint density at radius 2 is 2.15 bits per heavy atom. The van der Waals surface area contributed by atoms with Gasteiger partial charge in [0.2, 0.25) is 0 Å². The minimum Gasteiger partial charge on any atom is -0.102 e. The maximum absolute atomic E-state index is 4.29. The van der Waals surface area contributed by atoms with E-state index in [-0.39, 0.29) is 5.41 Å². The first-order chi connectivity index (χ1) is 9.58. The van der Waals surface area contributed by atoms with Crippen molar-refractivity contribution in [1.29, 1.82) is 0 Å². The van der Waals surface area contributed by atoms with Crippen molar-refractivity contribution in [3.05, 3.63) is 77.9 Å². The number of fused-ring (bicyclic) bond motifs is 1. The zero-order valence-corrected chi connectivity index (χ0v) is 12.4. The van der Waals surface area contributed by atoms with E-state index < -0.39 is 0 Å². The van der Waals surface area contributed by atoms with Gasteiger partial charge in [-0.1, -0.05) is 56.0 Å². The molecule has 0 saturated carbocycles. The van der Waals surface area contributed by atoms with Gasteiger partial charge in [-0.3, -0.25) is 0 Å². The average Bonchev–Trinajstić information content (AvgIpc) is 2.75. The van der Waals surface area contributed by atoms with Gasteiger partial charge >= 0.3 is 0 Å². The molecule has 1 aromatic carbocycles. The molecule has 0 bridgehead atoms. The predicted octanol–water partition coefficient (Wildman–Crippen LogP) is 5.36. The number of hydrogen-bond donors (Lipinski definition) is 0. The van der Waals surface area contributed by atoms with Crippen LogP contribution in [0.4, 0.5) is 0 Å². The van der Waals surface area contributed by atoms with Gasteiger partial charge < -0.3 is 0 Å². The zero-order valence-electron chi connectivity index (χ0n) is 12.4. The molecule has 0 radical (unpaired) electrons. The molecule has 0 fully saturated rings. The fourth-order valence-corrected chi connectivity index (χ4v) is 3.67. The van der Waals surface area contributed by atoms with Crippen LogP contribution in [0.5, 0.6) is 0 Å². The Bertz CT molecular complexity index is 642. The molecular formula is C20H22. The zero-order chi connectivity index (χ0) is 14.3. The normalized spacial score (nSPS) is 28.2. The highest BCUT2D eigenvalue weighted by Crippen LogP contribution is 2.52. The summed E-state index contributed by atoms with van der Waals surface area (Å²) in [5.41, 5.74) is 6.61. The second-order valence-electron chi connectivity index (χ2n) is 6.18. The van der Waals surface area contributed by atoms with Gasteiger partial charge in [-0.25, -0.2) is 0 Å². The van der Waals surface area contributed by atoms with Crippen molar-refractivity contribution in [3.63, 3.8) is 0 Å². The number of allylic oxidation sites excluding steroid dienone is 6. The Labute approximate surface area is 122 Å². The van der Waals surface area contributed by atoms with E-state index in [1.165, 1.54) is 27.8 Å². The smallest absolute Gasteiger partial charge is 0.0424 e. The fourth-order valence-electron chi connectivity index (χ4n) is 3.67. The van der Waals surface area contributed by atoms with Gasteiger partial charge in [0.25, 0.3) is 0 Å². The van der Waals surface area contributed by atoms with Crippen molar-refractivity contribution >= 4 is 5.57 Å². The maximum Gasteiger partial charge on any atom is 0.0424 e. The summed E-state index contributed by atoms with van der Waals surface area (Å²) < 4.78 is 0. The summed E-state index contributed by atoms with van der Waals surface area (Å²) in [5.74, 6) is 0.640. The van der Waals surface area contributed by atoms with Crippen LogP contribution in [-0.4, -0.2) is 0 Å². The lowest BCUT2D eigenvalue weighted by molar-refractivity contribution is 0.651. The molecule has 102 valence electrons. The SMILES string of the molecule is C=CC1(C2=CCC(C)C=C2)CC(=C)c2cccc(C)c21. The molecule has 0 amide bonds. The summed E-state index contributed by atoms with van der Waals surface area (Å²) in [6.07, 6.45) is 11.2. The van der Waals surface area contributed by atoms with Gasteiger partial charge in [0.1, 0.15) is 0 Å². The van der Waals surface area contributed by atoms with Gasteiger partial charge in [-0.15, -0.1) is 6.58 Å². The largest absolute Gasteiger partial charge is 0.102 e. The third-order valence-corrected chi connectivity index (χ3v) is 4.77. The molecule has 0 aliphatic heterocycles. The van der Waals surface area contributed by atoms with E-state index in [4.69, 9.17) is 0 Å². The van der Waals surface area contributed by atoms with Crippen LogP contribution in [0.15, 0.2) is 61.2 Å². The summed E-state index contributed by atoms with van der Waals surface area (Å²) in [6, 6.07) is 6.53. The molecule has 0 saturated heterocycles. The van der Waals surface area contributed by atoms with Gasteiger partial charge in [0.15, 0.2) is 0 Å². The molecule has 0 heteroatoms. The van der Waals surface area contributed by atoms with E-state index in [1.54, 1.807) is 0 Å². The fraction of sp³-hybridized carbons (Fsp3) is 0.300. The minimum absolute atomic E-state index is 0.0750. The van der Waals surface area contributed by atoms with Crippen LogP contribution < -0.4 is 0 Å². The van der Waals surface area contributed by atoms with E-state index in [0.717, 1.165) is 12.8 Å². The van der Waals surface area contributed by atoms with Crippen LogP contribution in [0.3, 0.4) is 0 Å². The van der Waals surface area contributed by atoms with Crippen LogP contribution >= 0.6 is 0 Å². The predicted molar refractivity (Wildman–Crippen MR) is 87.7 cm³/mol. The first-order valence-corrected chi connectivity index (χ1v) is 7.39. The van der Waals surface area contributed by atoms with Crippen molar-refractivity contribution in [3.8, 4) is 0 Å². The van der Waals surface area contributed by atoms with E-state index in [0.29, 0.717) is 5.92 Å². The standard InChI is InChI=1S/C20H22/c1-5-20(17-11-9-14(2)10-12-17)13-16(4)18-8-6-7-15(3)19(18)20/h5-9,11-12,14H,1,4,10,13H2,2-3H3. The van der Waals surface area contributed by atoms with Crippen LogP contribution in [0.2, 0.25) is 0 Å². The number of hydrogen-bond acceptors (Lipinski definition) is 0. The highest BCUT2D eigenvalue weighted by Gasteiger charge is 2.41. The van der Waals surface area contributed by atoms with Gasteiger partial charge in [-0.05, 0) is 53.5 Å². The minimum atomic E-state index is -0.0750. The topological polar surface area (TPSA) is 0 Å². The van der Waals surface area contributed by atoms with E-state index in [2.05, 4.69) is 69.5 Å². The van der Waals surface area contributed by atoms with Crippen molar-refractivity contribution < 1.29 is 0 Å². The van der Waals surface area contributed by atoms with Crippen molar-refractivity contribution in [2.24, 2.45) is 5.92 Å². The second-order valence-corrected chi connectivity index (χ2v) is 6.18. The van der Waals surface area contributed by atoms with Crippen molar-refractivity contribution in [2.75, 3.05) is 0 Å². The monoisotopic (exact) mass is 262 g/mol. The molecule has 0 heterocycles. The molecule has 2 aliphatic rings. The number of aryl methyl sites for hydroxylation is 1. The first kappa shape index (κ1) is 13.2. The Morgan fingerprint density at radius 3 is 2.80 bits per heavy atom. The average molecular weight is 262 g/mol. The molecule has 0 nitrogen and oxygen atoms in total. The highest BCUT2D eigenvalue weighted by atomic mass is 14.4. The van der Waals surface area contributed by atoms with E-state index in [1.807, 2.05) is 0 Å². The van der Waals surface area contributed by atoms with Crippen LogP contribution in [-0.2, 0) is 5.41 Å². The molecule has 0 N–H and O–H groups in total. The van der Waals surface area contributed by atoms with Crippen LogP contribution in [0, 0.1) is 12.8 Å².